The third kappa shape index (κ3) is 3.79. The average Bonchev–Trinajstić information content (AvgIpc) is 3.12. The number of aromatic nitrogens is 3. The molecule has 1 aromatic carbocycles. The number of rotatable bonds is 2. The van der Waals surface area contributed by atoms with E-state index in [1.807, 2.05) is 49.6 Å². The zero-order valence-corrected chi connectivity index (χ0v) is 17.4. The lowest BCUT2D eigenvalue weighted by Crippen LogP contribution is -2.50. The normalized spacial score (nSPS) is 14.6. The number of carbonyl (C=O) groups is 1. The number of hydrogen-bond acceptors (Lipinski definition) is 6. The summed E-state index contributed by atoms with van der Waals surface area (Å²) in [6.45, 7) is 7.88. The Labute approximate surface area is 175 Å². The quantitative estimate of drug-likeness (QED) is 0.651. The summed E-state index contributed by atoms with van der Waals surface area (Å²) in [6.07, 6.45) is 1.38. The van der Waals surface area contributed by atoms with Crippen molar-refractivity contribution < 1.29 is 9.53 Å². The molecule has 8 nitrogen and oxygen atoms in total. The van der Waals surface area contributed by atoms with Crippen molar-refractivity contribution in [1.82, 2.24) is 19.4 Å². The SMILES string of the molecule is CC(C)(C)OC(=O)N1CCN(c2nc3ccccc3n2-c2ncccc2C#N)CC1. The first-order valence-electron chi connectivity index (χ1n) is 9.93. The second-order valence-corrected chi connectivity index (χ2v) is 8.18. The van der Waals surface area contributed by atoms with Gasteiger partial charge in [-0.25, -0.2) is 14.8 Å². The Kier molecular flexibility index (Phi) is 5.04. The van der Waals surface area contributed by atoms with Gasteiger partial charge in [-0.2, -0.15) is 5.26 Å². The average molecular weight is 404 g/mol. The van der Waals surface area contributed by atoms with Crippen LogP contribution < -0.4 is 4.90 Å². The van der Waals surface area contributed by atoms with Crippen LogP contribution in [0.5, 0.6) is 0 Å². The molecule has 0 bridgehead atoms. The van der Waals surface area contributed by atoms with Crippen molar-refractivity contribution in [1.29, 1.82) is 5.26 Å². The summed E-state index contributed by atoms with van der Waals surface area (Å²) in [5.74, 6) is 1.27. The zero-order valence-electron chi connectivity index (χ0n) is 17.4. The van der Waals surface area contributed by atoms with Crippen LogP contribution in [0.2, 0.25) is 0 Å². The fourth-order valence-corrected chi connectivity index (χ4v) is 3.51. The van der Waals surface area contributed by atoms with Gasteiger partial charge in [0.05, 0.1) is 16.6 Å². The first-order valence-corrected chi connectivity index (χ1v) is 9.93. The Morgan fingerprint density at radius 3 is 2.53 bits per heavy atom. The largest absolute Gasteiger partial charge is 0.444 e. The topological polar surface area (TPSA) is 87.3 Å². The maximum Gasteiger partial charge on any atom is 0.410 e. The highest BCUT2D eigenvalue weighted by Crippen LogP contribution is 2.28. The van der Waals surface area contributed by atoms with Gasteiger partial charge in [-0.1, -0.05) is 12.1 Å². The van der Waals surface area contributed by atoms with Gasteiger partial charge in [0.2, 0.25) is 5.95 Å². The van der Waals surface area contributed by atoms with Gasteiger partial charge in [0.15, 0.2) is 5.82 Å². The van der Waals surface area contributed by atoms with E-state index in [1.54, 1.807) is 23.2 Å². The van der Waals surface area contributed by atoms with Crippen molar-refractivity contribution in [3.8, 4) is 11.9 Å². The smallest absolute Gasteiger partial charge is 0.410 e. The second-order valence-electron chi connectivity index (χ2n) is 8.18. The van der Waals surface area contributed by atoms with Gasteiger partial charge in [-0.05, 0) is 45.0 Å². The number of para-hydroxylation sites is 2. The molecule has 0 spiro atoms. The standard InChI is InChI=1S/C22H24N6O2/c1-22(2,3)30-21(29)27-13-11-26(12-14-27)20-25-17-8-4-5-9-18(17)28(20)19-16(15-23)7-6-10-24-19/h4-10H,11-14H2,1-3H3. The highest BCUT2D eigenvalue weighted by atomic mass is 16.6. The molecule has 154 valence electrons. The minimum absolute atomic E-state index is 0.299. The van der Waals surface area contributed by atoms with Gasteiger partial charge >= 0.3 is 6.09 Å². The minimum atomic E-state index is -0.519. The Bertz CT molecular complexity index is 1120. The van der Waals surface area contributed by atoms with Crippen LogP contribution in [-0.4, -0.2) is 57.3 Å². The predicted octanol–water partition coefficient (Wildman–Crippen LogP) is 3.35. The van der Waals surface area contributed by atoms with Crippen molar-refractivity contribution in [2.45, 2.75) is 26.4 Å². The zero-order chi connectivity index (χ0) is 21.3. The lowest BCUT2D eigenvalue weighted by atomic mass is 10.2. The molecule has 2 aromatic heterocycles. The second kappa shape index (κ2) is 7.67. The molecule has 1 aliphatic rings. The van der Waals surface area contributed by atoms with Crippen molar-refractivity contribution in [2.24, 2.45) is 0 Å². The Hall–Kier alpha value is -3.60. The van der Waals surface area contributed by atoms with Crippen molar-refractivity contribution in [3.63, 3.8) is 0 Å². The highest BCUT2D eigenvalue weighted by molar-refractivity contribution is 5.81. The summed E-state index contributed by atoms with van der Waals surface area (Å²) in [5, 5.41) is 9.58. The van der Waals surface area contributed by atoms with Gasteiger partial charge in [0, 0.05) is 32.4 Å². The highest BCUT2D eigenvalue weighted by Gasteiger charge is 2.28. The predicted molar refractivity (Wildman–Crippen MR) is 114 cm³/mol. The van der Waals surface area contributed by atoms with Crippen LogP contribution in [0.15, 0.2) is 42.6 Å². The molecule has 0 N–H and O–H groups in total. The van der Waals surface area contributed by atoms with E-state index in [9.17, 15) is 10.1 Å². The Morgan fingerprint density at radius 1 is 1.10 bits per heavy atom. The van der Waals surface area contributed by atoms with E-state index in [4.69, 9.17) is 9.72 Å². The fraction of sp³-hybridized carbons (Fsp3) is 0.364. The molecule has 8 heteroatoms. The first kappa shape index (κ1) is 19.7. The molecular weight excluding hydrogens is 380 g/mol. The first-order chi connectivity index (χ1) is 14.4. The fourth-order valence-electron chi connectivity index (χ4n) is 3.51. The van der Waals surface area contributed by atoms with E-state index in [0.29, 0.717) is 37.6 Å². The number of nitrogens with zero attached hydrogens (tertiary/aromatic N) is 6. The molecule has 1 amide bonds. The van der Waals surface area contributed by atoms with Crippen LogP contribution in [0.1, 0.15) is 26.3 Å². The van der Waals surface area contributed by atoms with E-state index in [1.165, 1.54) is 0 Å². The summed E-state index contributed by atoms with van der Waals surface area (Å²) < 4.78 is 7.42. The minimum Gasteiger partial charge on any atom is -0.444 e. The summed E-state index contributed by atoms with van der Waals surface area (Å²) in [5.41, 5.74) is 1.68. The maximum absolute atomic E-state index is 12.4. The lowest BCUT2D eigenvalue weighted by Gasteiger charge is -2.36. The molecule has 1 aliphatic heterocycles. The number of amides is 1. The molecule has 3 heterocycles. The molecule has 0 atom stereocenters. The van der Waals surface area contributed by atoms with Crippen molar-refractivity contribution in [3.05, 3.63) is 48.2 Å². The Morgan fingerprint density at radius 2 is 1.83 bits per heavy atom. The monoisotopic (exact) mass is 404 g/mol. The number of benzene rings is 1. The van der Waals surface area contributed by atoms with E-state index in [-0.39, 0.29) is 6.09 Å². The Balaban J connectivity index is 1.66. The van der Waals surface area contributed by atoms with E-state index < -0.39 is 5.60 Å². The lowest BCUT2D eigenvalue weighted by molar-refractivity contribution is 0.0240. The number of piperazine rings is 1. The number of hydrogen-bond donors (Lipinski definition) is 0. The molecule has 0 aliphatic carbocycles. The molecule has 4 rings (SSSR count). The number of imidazole rings is 1. The molecule has 0 saturated carbocycles. The van der Waals surface area contributed by atoms with E-state index in [2.05, 4.69) is 16.0 Å². The summed E-state index contributed by atoms with van der Waals surface area (Å²) in [6, 6.07) is 13.5. The summed E-state index contributed by atoms with van der Waals surface area (Å²) in [4.78, 5) is 25.5. The number of fused-ring (bicyclic) bond motifs is 1. The number of nitriles is 1. The van der Waals surface area contributed by atoms with Crippen LogP contribution >= 0.6 is 0 Å². The molecule has 0 unspecified atom stereocenters. The third-order valence-electron chi connectivity index (χ3n) is 4.88. The molecule has 30 heavy (non-hydrogen) atoms. The van der Waals surface area contributed by atoms with Crippen molar-refractivity contribution >= 4 is 23.1 Å². The molecule has 1 fully saturated rings. The maximum atomic E-state index is 12.4. The summed E-state index contributed by atoms with van der Waals surface area (Å²) >= 11 is 0. The van der Waals surface area contributed by atoms with Crippen LogP contribution in [-0.2, 0) is 4.74 Å². The van der Waals surface area contributed by atoms with Crippen LogP contribution in [0.25, 0.3) is 16.9 Å². The van der Waals surface area contributed by atoms with E-state index in [0.717, 1.165) is 17.0 Å². The van der Waals surface area contributed by atoms with Crippen LogP contribution in [0.4, 0.5) is 10.7 Å². The van der Waals surface area contributed by atoms with E-state index >= 15 is 0 Å². The third-order valence-corrected chi connectivity index (χ3v) is 4.88. The van der Waals surface area contributed by atoms with Gasteiger partial charge in [0.25, 0.3) is 0 Å². The molecular formula is C22H24N6O2. The van der Waals surface area contributed by atoms with Crippen LogP contribution in [0, 0.1) is 11.3 Å². The van der Waals surface area contributed by atoms with Gasteiger partial charge < -0.3 is 14.5 Å². The van der Waals surface area contributed by atoms with Gasteiger partial charge in [-0.15, -0.1) is 0 Å². The molecule has 1 saturated heterocycles. The number of ether oxygens (including phenoxy) is 1. The number of carbonyl (C=O) groups excluding carboxylic acids is 1. The van der Waals surface area contributed by atoms with Crippen molar-refractivity contribution in [2.75, 3.05) is 31.1 Å². The van der Waals surface area contributed by atoms with Crippen LogP contribution in [0.3, 0.4) is 0 Å². The number of anilines is 1. The van der Waals surface area contributed by atoms with Gasteiger partial charge in [0.1, 0.15) is 11.7 Å². The summed E-state index contributed by atoms with van der Waals surface area (Å²) in [7, 11) is 0. The number of pyridine rings is 1. The molecule has 3 aromatic rings. The molecule has 0 radical (unpaired) electrons. The van der Waals surface area contributed by atoms with Gasteiger partial charge in [-0.3, -0.25) is 4.57 Å².